The average Bonchev–Trinajstić information content (AvgIpc) is 2.78. The Balaban J connectivity index is 1.53. The van der Waals surface area contributed by atoms with Crippen molar-refractivity contribution < 1.29 is 17.9 Å². The molecule has 0 spiro atoms. The summed E-state index contributed by atoms with van der Waals surface area (Å²) in [6.45, 7) is 2.02. The molecule has 3 aromatic rings. The number of halogens is 3. The van der Waals surface area contributed by atoms with Crippen LogP contribution in [0.4, 0.5) is 24.8 Å². The molecular weight excluding hydrogens is 409 g/mol. The molecule has 6 nitrogen and oxygen atoms in total. The van der Waals surface area contributed by atoms with Gasteiger partial charge in [0.15, 0.2) is 0 Å². The lowest BCUT2D eigenvalue weighted by Crippen LogP contribution is -2.47. The summed E-state index contributed by atoms with van der Waals surface area (Å²) >= 11 is 0. The van der Waals surface area contributed by atoms with Gasteiger partial charge in [-0.2, -0.15) is 13.2 Å². The summed E-state index contributed by atoms with van der Waals surface area (Å²) in [6.07, 6.45) is -4.37. The molecule has 162 valence electrons. The van der Waals surface area contributed by atoms with Crippen LogP contribution in [0.25, 0.3) is 11.3 Å². The quantitative estimate of drug-likeness (QED) is 0.683. The predicted molar refractivity (Wildman–Crippen MR) is 113 cm³/mol. The number of nitrogens with one attached hydrogen (secondary N) is 1. The summed E-state index contributed by atoms with van der Waals surface area (Å²) in [5, 5.41) is 0. The Morgan fingerprint density at radius 2 is 1.68 bits per heavy atom. The number of alkyl halides is 3. The van der Waals surface area contributed by atoms with E-state index in [0.29, 0.717) is 54.8 Å². The molecule has 0 amide bonds. The largest absolute Gasteiger partial charge is 0.496 e. The molecule has 0 saturated carbocycles. The molecule has 0 radical (unpaired) electrons. The highest BCUT2D eigenvalue weighted by atomic mass is 19.4. The number of ether oxygens (including phenoxy) is 1. The smallest absolute Gasteiger partial charge is 0.416 e. The zero-order valence-electron chi connectivity index (χ0n) is 16.8. The zero-order chi connectivity index (χ0) is 22.0. The van der Waals surface area contributed by atoms with Crippen molar-refractivity contribution in [3.8, 4) is 17.0 Å². The van der Waals surface area contributed by atoms with Crippen LogP contribution in [0.2, 0.25) is 0 Å². The summed E-state index contributed by atoms with van der Waals surface area (Å²) in [6, 6.07) is 14.0. The molecule has 1 aliphatic rings. The number of piperazine rings is 1. The van der Waals surface area contributed by atoms with Crippen LogP contribution in [0.5, 0.6) is 5.75 Å². The lowest BCUT2D eigenvalue weighted by molar-refractivity contribution is -0.137. The molecular formula is C22H21F3N4O2. The predicted octanol–water partition coefficient (Wildman–Crippen LogP) is 3.79. The van der Waals surface area contributed by atoms with Crippen molar-refractivity contribution >= 4 is 11.6 Å². The van der Waals surface area contributed by atoms with Crippen molar-refractivity contribution in [1.82, 2.24) is 9.97 Å². The summed E-state index contributed by atoms with van der Waals surface area (Å²) < 4.78 is 44.4. The van der Waals surface area contributed by atoms with Crippen molar-refractivity contribution in [2.45, 2.75) is 6.18 Å². The molecule has 1 fully saturated rings. The lowest BCUT2D eigenvalue weighted by Gasteiger charge is -2.36. The fourth-order valence-electron chi connectivity index (χ4n) is 3.64. The van der Waals surface area contributed by atoms with Crippen molar-refractivity contribution in [1.29, 1.82) is 0 Å². The molecule has 0 aliphatic carbocycles. The van der Waals surface area contributed by atoms with Gasteiger partial charge in [0, 0.05) is 43.5 Å². The van der Waals surface area contributed by atoms with Crippen LogP contribution < -0.4 is 20.1 Å². The van der Waals surface area contributed by atoms with E-state index in [1.807, 2.05) is 28.0 Å². The number of nitrogens with zero attached hydrogens (tertiary/aromatic N) is 3. The Hall–Kier alpha value is -3.49. The van der Waals surface area contributed by atoms with Crippen molar-refractivity contribution in [2.75, 3.05) is 43.1 Å². The third-order valence-electron chi connectivity index (χ3n) is 5.23. The van der Waals surface area contributed by atoms with Gasteiger partial charge in [-0.1, -0.05) is 18.2 Å². The molecule has 2 aromatic carbocycles. The number of H-pyrrole nitrogens is 1. The zero-order valence-corrected chi connectivity index (χ0v) is 16.8. The van der Waals surface area contributed by atoms with Gasteiger partial charge in [0.1, 0.15) is 5.75 Å². The van der Waals surface area contributed by atoms with Gasteiger partial charge >= 0.3 is 6.18 Å². The van der Waals surface area contributed by atoms with Crippen LogP contribution in [0, 0.1) is 0 Å². The Kier molecular flexibility index (Phi) is 5.58. The number of aromatic amines is 1. The summed E-state index contributed by atoms with van der Waals surface area (Å²) in [7, 11) is 1.56. The molecule has 4 rings (SSSR count). The number of methoxy groups -OCH3 is 1. The summed E-state index contributed by atoms with van der Waals surface area (Å²) in [5.74, 6) is 1.04. The van der Waals surface area contributed by atoms with Gasteiger partial charge in [-0.15, -0.1) is 0 Å². The molecule has 9 heteroatoms. The molecule has 31 heavy (non-hydrogen) atoms. The lowest BCUT2D eigenvalue weighted by atomic mass is 10.1. The number of hydrogen-bond acceptors (Lipinski definition) is 5. The average molecular weight is 430 g/mol. The van der Waals surface area contributed by atoms with Crippen molar-refractivity contribution in [3.63, 3.8) is 0 Å². The van der Waals surface area contributed by atoms with Crippen molar-refractivity contribution in [3.05, 3.63) is 70.5 Å². The first-order chi connectivity index (χ1) is 14.8. The molecule has 1 aromatic heterocycles. The van der Waals surface area contributed by atoms with Crippen LogP contribution in [0.3, 0.4) is 0 Å². The van der Waals surface area contributed by atoms with E-state index in [1.54, 1.807) is 19.2 Å². The van der Waals surface area contributed by atoms with Gasteiger partial charge in [-0.25, -0.2) is 4.98 Å². The highest BCUT2D eigenvalue weighted by Gasteiger charge is 2.31. The SMILES string of the molecule is COc1ccccc1-c1cc(=O)[nH]c(N2CCN(c3cccc(C(F)(F)F)c3)CC2)n1. The number of benzene rings is 2. The van der Waals surface area contributed by atoms with Gasteiger partial charge in [0.2, 0.25) is 5.95 Å². The van der Waals surface area contributed by atoms with Crippen LogP contribution in [-0.4, -0.2) is 43.3 Å². The number of anilines is 2. The van der Waals surface area contributed by atoms with Gasteiger partial charge in [0.05, 0.1) is 18.4 Å². The molecule has 0 bridgehead atoms. The second kappa shape index (κ2) is 8.33. The number of para-hydroxylation sites is 1. The summed E-state index contributed by atoms with van der Waals surface area (Å²) in [4.78, 5) is 23.4. The highest BCUT2D eigenvalue weighted by molar-refractivity contribution is 5.67. The molecule has 0 atom stereocenters. The van der Waals surface area contributed by atoms with Crippen molar-refractivity contribution in [2.24, 2.45) is 0 Å². The third-order valence-corrected chi connectivity index (χ3v) is 5.23. The molecule has 0 unspecified atom stereocenters. The van der Waals surface area contributed by atoms with Gasteiger partial charge in [-0.3, -0.25) is 9.78 Å². The number of aromatic nitrogens is 2. The second-order valence-corrected chi connectivity index (χ2v) is 7.18. The van der Waals surface area contributed by atoms with Crippen LogP contribution in [-0.2, 0) is 6.18 Å². The first-order valence-electron chi connectivity index (χ1n) is 9.77. The van der Waals surface area contributed by atoms with E-state index in [4.69, 9.17) is 4.74 Å². The second-order valence-electron chi connectivity index (χ2n) is 7.18. The van der Waals surface area contributed by atoms with E-state index in [9.17, 15) is 18.0 Å². The van der Waals surface area contributed by atoms with E-state index in [-0.39, 0.29) is 5.56 Å². The van der Waals surface area contributed by atoms with Gasteiger partial charge < -0.3 is 14.5 Å². The van der Waals surface area contributed by atoms with E-state index >= 15 is 0 Å². The normalized spacial score (nSPS) is 14.6. The van der Waals surface area contributed by atoms with E-state index in [0.717, 1.165) is 12.1 Å². The number of rotatable bonds is 4. The molecule has 1 aliphatic heterocycles. The standard InChI is InChI=1S/C22H21F3N4O2/c1-31-19-8-3-2-7-17(19)18-14-20(30)27-21(26-18)29-11-9-28(10-12-29)16-6-4-5-15(13-16)22(23,24)25/h2-8,13-14H,9-12H2,1H3,(H,26,27,30). The van der Waals surface area contributed by atoms with Gasteiger partial charge in [0.25, 0.3) is 5.56 Å². The first-order valence-corrected chi connectivity index (χ1v) is 9.77. The minimum atomic E-state index is -4.37. The monoisotopic (exact) mass is 430 g/mol. The molecule has 1 N–H and O–H groups in total. The number of hydrogen-bond donors (Lipinski definition) is 1. The Morgan fingerprint density at radius 3 is 2.39 bits per heavy atom. The van der Waals surface area contributed by atoms with Crippen LogP contribution in [0.1, 0.15) is 5.56 Å². The fraction of sp³-hybridized carbons (Fsp3) is 0.273. The van der Waals surface area contributed by atoms with E-state index < -0.39 is 11.7 Å². The Labute approximate surface area is 176 Å². The maximum absolute atomic E-state index is 13.0. The molecule has 1 saturated heterocycles. The highest BCUT2D eigenvalue weighted by Crippen LogP contribution is 2.32. The Morgan fingerprint density at radius 1 is 0.968 bits per heavy atom. The van der Waals surface area contributed by atoms with Crippen LogP contribution >= 0.6 is 0 Å². The minimum Gasteiger partial charge on any atom is -0.496 e. The van der Waals surface area contributed by atoms with Gasteiger partial charge in [-0.05, 0) is 30.3 Å². The Bertz CT molecular complexity index is 1120. The van der Waals surface area contributed by atoms with Crippen LogP contribution in [0.15, 0.2) is 59.4 Å². The molecule has 2 heterocycles. The first kappa shape index (κ1) is 20.8. The van der Waals surface area contributed by atoms with E-state index in [2.05, 4.69) is 9.97 Å². The third kappa shape index (κ3) is 4.50. The van der Waals surface area contributed by atoms with E-state index in [1.165, 1.54) is 12.1 Å². The minimum absolute atomic E-state index is 0.286. The summed E-state index contributed by atoms with van der Waals surface area (Å²) in [5.41, 5.74) is 0.782. The topological polar surface area (TPSA) is 61.5 Å². The fourth-order valence-corrected chi connectivity index (χ4v) is 3.64. The maximum atomic E-state index is 13.0. The maximum Gasteiger partial charge on any atom is 0.416 e.